The molecule has 0 aliphatic carbocycles. The minimum Gasteiger partial charge on any atom is -0.377 e. The van der Waals surface area contributed by atoms with Crippen LogP contribution in [0.15, 0.2) is 12.1 Å². The number of nitro benzene ring substituents is 1. The number of ether oxygens (including phenoxy) is 1. The molecule has 0 radical (unpaired) electrons. The third kappa shape index (κ3) is 3.06. The molecular formula is C9H9Cl2NO3. The van der Waals surface area contributed by atoms with Gasteiger partial charge in [-0.15, -0.1) is 0 Å². The van der Waals surface area contributed by atoms with E-state index in [1.54, 1.807) is 6.92 Å². The Morgan fingerprint density at radius 3 is 2.67 bits per heavy atom. The van der Waals surface area contributed by atoms with Gasteiger partial charge in [-0.05, 0) is 19.1 Å². The normalized spacial score (nSPS) is 10.3. The fourth-order valence-electron chi connectivity index (χ4n) is 1.15. The zero-order chi connectivity index (χ0) is 11.4. The third-order valence-corrected chi connectivity index (χ3v) is 2.26. The van der Waals surface area contributed by atoms with Crippen LogP contribution in [0.2, 0.25) is 10.0 Å². The number of nitrogens with zero attached hydrogens (tertiary/aromatic N) is 1. The highest BCUT2D eigenvalue weighted by atomic mass is 35.5. The molecule has 0 spiro atoms. The molecule has 0 aliphatic heterocycles. The largest absolute Gasteiger partial charge is 0.377 e. The van der Waals surface area contributed by atoms with Gasteiger partial charge >= 0.3 is 0 Å². The molecule has 0 amide bonds. The fourth-order valence-corrected chi connectivity index (χ4v) is 1.75. The van der Waals surface area contributed by atoms with E-state index in [2.05, 4.69) is 0 Å². The van der Waals surface area contributed by atoms with Crippen LogP contribution in [-0.2, 0) is 11.3 Å². The van der Waals surface area contributed by atoms with E-state index in [-0.39, 0.29) is 17.3 Å². The molecule has 0 N–H and O–H groups in total. The first-order chi connectivity index (χ1) is 7.06. The summed E-state index contributed by atoms with van der Waals surface area (Å²) >= 11 is 11.5. The molecule has 1 aromatic carbocycles. The van der Waals surface area contributed by atoms with Gasteiger partial charge in [-0.3, -0.25) is 10.1 Å². The molecule has 0 atom stereocenters. The van der Waals surface area contributed by atoms with Crippen molar-refractivity contribution in [3.8, 4) is 0 Å². The van der Waals surface area contributed by atoms with E-state index in [1.165, 1.54) is 12.1 Å². The Morgan fingerprint density at radius 2 is 2.13 bits per heavy atom. The molecule has 15 heavy (non-hydrogen) atoms. The van der Waals surface area contributed by atoms with Crippen LogP contribution in [0.1, 0.15) is 12.5 Å². The van der Waals surface area contributed by atoms with Crippen LogP contribution < -0.4 is 0 Å². The van der Waals surface area contributed by atoms with Crippen LogP contribution in [0.25, 0.3) is 0 Å². The van der Waals surface area contributed by atoms with Crippen molar-refractivity contribution < 1.29 is 9.66 Å². The Morgan fingerprint density at radius 1 is 1.47 bits per heavy atom. The number of nitro groups is 1. The van der Waals surface area contributed by atoms with Crippen LogP contribution in [0.4, 0.5) is 5.69 Å². The Hall–Kier alpha value is -0.840. The van der Waals surface area contributed by atoms with E-state index in [9.17, 15) is 10.1 Å². The molecule has 0 heterocycles. The zero-order valence-electron chi connectivity index (χ0n) is 8.00. The Kier molecular flexibility index (Phi) is 4.32. The summed E-state index contributed by atoms with van der Waals surface area (Å²) in [5.74, 6) is 0. The summed E-state index contributed by atoms with van der Waals surface area (Å²) in [6.07, 6.45) is 0. The molecule has 0 aliphatic rings. The fraction of sp³-hybridized carbons (Fsp3) is 0.333. The highest BCUT2D eigenvalue weighted by Gasteiger charge is 2.19. The zero-order valence-corrected chi connectivity index (χ0v) is 9.51. The number of benzene rings is 1. The van der Waals surface area contributed by atoms with Crippen molar-refractivity contribution in [1.82, 2.24) is 0 Å². The SMILES string of the molecule is CCOCc1cc(Cl)cc(Cl)c1[N+](=O)[O-]. The lowest BCUT2D eigenvalue weighted by Gasteiger charge is -2.05. The highest BCUT2D eigenvalue weighted by Crippen LogP contribution is 2.32. The molecule has 0 unspecified atom stereocenters. The third-order valence-electron chi connectivity index (χ3n) is 1.75. The molecular weight excluding hydrogens is 241 g/mol. The predicted octanol–water partition coefficient (Wildman–Crippen LogP) is 3.44. The van der Waals surface area contributed by atoms with E-state index < -0.39 is 4.92 Å². The Bertz CT molecular complexity index is 382. The monoisotopic (exact) mass is 249 g/mol. The highest BCUT2D eigenvalue weighted by molar-refractivity contribution is 6.36. The van der Waals surface area contributed by atoms with Crippen LogP contribution in [0.5, 0.6) is 0 Å². The maximum absolute atomic E-state index is 10.7. The van der Waals surface area contributed by atoms with Gasteiger partial charge in [-0.1, -0.05) is 23.2 Å². The van der Waals surface area contributed by atoms with Gasteiger partial charge in [-0.25, -0.2) is 0 Å². The van der Waals surface area contributed by atoms with Gasteiger partial charge in [-0.2, -0.15) is 0 Å². The van der Waals surface area contributed by atoms with Gasteiger partial charge in [0.1, 0.15) is 5.02 Å². The first kappa shape index (κ1) is 12.2. The molecule has 0 saturated carbocycles. The molecule has 1 rings (SSSR count). The summed E-state index contributed by atoms with van der Waals surface area (Å²) in [6.45, 7) is 2.41. The molecule has 4 nitrogen and oxygen atoms in total. The Balaban J connectivity index is 3.14. The average molecular weight is 250 g/mol. The van der Waals surface area contributed by atoms with E-state index >= 15 is 0 Å². The molecule has 0 saturated heterocycles. The number of hydrogen-bond donors (Lipinski definition) is 0. The van der Waals surface area contributed by atoms with Gasteiger partial charge in [0.25, 0.3) is 5.69 Å². The van der Waals surface area contributed by atoms with Gasteiger partial charge in [0.15, 0.2) is 0 Å². The van der Waals surface area contributed by atoms with Crippen molar-refractivity contribution in [3.05, 3.63) is 37.9 Å². The van der Waals surface area contributed by atoms with Crippen LogP contribution in [0.3, 0.4) is 0 Å². The summed E-state index contributed by atoms with van der Waals surface area (Å²) in [5.41, 5.74) is 0.244. The second kappa shape index (κ2) is 5.30. The van der Waals surface area contributed by atoms with Crippen molar-refractivity contribution in [1.29, 1.82) is 0 Å². The van der Waals surface area contributed by atoms with E-state index in [0.717, 1.165) is 0 Å². The predicted molar refractivity (Wildman–Crippen MR) is 58.4 cm³/mol. The van der Waals surface area contributed by atoms with Crippen molar-refractivity contribution in [2.24, 2.45) is 0 Å². The summed E-state index contributed by atoms with van der Waals surface area (Å²) in [6, 6.07) is 2.83. The van der Waals surface area contributed by atoms with E-state index in [1.807, 2.05) is 0 Å². The van der Waals surface area contributed by atoms with Crippen LogP contribution >= 0.6 is 23.2 Å². The smallest absolute Gasteiger partial charge is 0.293 e. The van der Waals surface area contributed by atoms with Crippen molar-refractivity contribution in [3.63, 3.8) is 0 Å². The first-order valence-electron chi connectivity index (χ1n) is 4.26. The lowest BCUT2D eigenvalue weighted by atomic mass is 10.2. The first-order valence-corrected chi connectivity index (χ1v) is 5.02. The standard InChI is InChI=1S/C9H9Cl2NO3/c1-2-15-5-6-3-7(10)4-8(11)9(6)12(13)14/h3-4H,2,5H2,1H3. The lowest BCUT2D eigenvalue weighted by molar-refractivity contribution is -0.385. The van der Waals surface area contributed by atoms with Gasteiger partial charge in [0, 0.05) is 11.6 Å². The molecule has 82 valence electrons. The number of rotatable bonds is 4. The van der Waals surface area contributed by atoms with Crippen LogP contribution in [0, 0.1) is 10.1 Å². The second-order valence-corrected chi connectivity index (χ2v) is 3.63. The minimum absolute atomic E-state index is 0.0298. The molecule has 0 aromatic heterocycles. The van der Waals surface area contributed by atoms with Crippen molar-refractivity contribution in [2.75, 3.05) is 6.61 Å². The Labute approximate surface area is 96.9 Å². The van der Waals surface area contributed by atoms with Gasteiger partial charge in [0.05, 0.1) is 17.1 Å². The molecule has 1 aromatic rings. The average Bonchev–Trinajstić information content (AvgIpc) is 2.12. The van der Waals surface area contributed by atoms with Crippen molar-refractivity contribution >= 4 is 28.9 Å². The minimum atomic E-state index is -0.535. The lowest BCUT2D eigenvalue weighted by Crippen LogP contribution is -1.99. The number of halogens is 2. The summed E-state index contributed by atoms with van der Waals surface area (Å²) in [4.78, 5) is 10.2. The summed E-state index contributed by atoms with van der Waals surface area (Å²) < 4.78 is 5.10. The topological polar surface area (TPSA) is 52.4 Å². The molecule has 0 fully saturated rings. The van der Waals surface area contributed by atoms with Crippen molar-refractivity contribution in [2.45, 2.75) is 13.5 Å². The quantitative estimate of drug-likeness (QED) is 0.607. The second-order valence-electron chi connectivity index (χ2n) is 2.79. The maximum atomic E-state index is 10.7. The van der Waals surface area contributed by atoms with Gasteiger partial charge in [0.2, 0.25) is 0 Å². The number of hydrogen-bond acceptors (Lipinski definition) is 3. The van der Waals surface area contributed by atoms with Crippen LogP contribution in [-0.4, -0.2) is 11.5 Å². The maximum Gasteiger partial charge on any atom is 0.293 e. The van der Waals surface area contributed by atoms with E-state index in [4.69, 9.17) is 27.9 Å². The summed E-state index contributed by atoms with van der Waals surface area (Å²) in [5, 5.41) is 11.1. The van der Waals surface area contributed by atoms with E-state index in [0.29, 0.717) is 17.2 Å². The molecule has 6 heteroatoms. The molecule has 0 bridgehead atoms. The van der Waals surface area contributed by atoms with Gasteiger partial charge < -0.3 is 4.74 Å². The summed E-state index contributed by atoms with van der Waals surface area (Å²) in [7, 11) is 0.